The summed E-state index contributed by atoms with van der Waals surface area (Å²) in [4.78, 5) is 15.3. The van der Waals surface area contributed by atoms with Crippen molar-refractivity contribution in [3.8, 4) is 0 Å². The molecule has 1 aromatic heterocycles. The van der Waals surface area contributed by atoms with E-state index in [9.17, 15) is 9.90 Å². The lowest BCUT2D eigenvalue weighted by Gasteiger charge is -2.35. The van der Waals surface area contributed by atoms with Gasteiger partial charge in [-0.2, -0.15) is 0 Å². The van der Waals surface area contributed by atoms with Crippen molar-refractivity contribution in [3.63, 3.8) is 0 Å². The number of thiophene rings is 1. The fourth-order valence-electron chi connectivity index (χ4n) is 2.30. The van der Waals surface area contributed by atoms with Gasteiger partial charge < -0.3 is 10.0 Å². The standard InChI is InChI=1S/C14H20BrNO2S/c1-14(18)7-9-16(10-8-14)13(17)4-2-3-11-5-6-12(15)19-11/h5-6,18H,2-4,7-10H2,1H3. The number of aliphatic hydroxyl groups is 1. The third-order valence-corrected chi connectivity index (χ3v) is 5.32. The number of amides is 1. The van der Waals surface area contributed by atoms with E-state index < -0.39 is 5.60 Å². The van der Waals surface area contributed by atoms with Crippen LogP contribution in [0, 0.1) is 0 Å². The van der Waals surface area contributed by atoms with Crippen LogP contribution >= 0.6 is 27.3 Å². The highest BCUT2D eigenvalue weighted by Crippen LogP contribution is 2.24. The van der Waals surface area contributed by atoms with Crippen LogP contribution in [0.3, 0.4) is 0 Å². The minimum atomic E-state index is -0.583. The molecular weight excluding hydrogens is 326 g/mol. The van der Waals surface area contributed by atoms with Gasteiger partial charge in [-0.25, -0.2) is 0 Å². The first-order chi connectivity index (χ1) is 8.96. The molecule has 1 aliphatic rings. The summed E-state index contributed by atoms with van der Waals surface area (Å²) in [5.41, 5.74) is -0.583. The Kier molecular flexibility index (Phi) is 5.03. The Bertz CT molecular complexity index is 434. The molecule has 0 atom stereocenters. The lowest BCUT2D eigenvalue weighted by atomic mass is 9.93. The second-order valence-electron chi connectivity index (χ2n) is 5.44. The maximum Gasteiger partial charge on any atom is 0.222 e. The van der Waals surface area contributed by atoms with Crippen LogP contribution in [0.15, 0.2) is 15.9 Å². The summed E-state index contributed by atoms with van der Waals surface area (Å²) < 4.78 is 1.15. The minimum absolute atomic E-state index is 0.228. The minimum Gasteiger partial charge on any atom is -0.390 e. The molecule has 3 nitrogen and oxygen atoms in total. The molecular formula is C14H20BrNO2S. The molecule has 5 heteroatoms. The summed E-state index contributed by atoms with van der Waals surface area (Å²) in [6.07, 6.45) is 3.86. The van der Waals surface area contributed by atoms with Gasteiger partial charge in [0.25, 0.3) is 0 Å². The zero-order valence-electron chi connectivity index (χ0n) is 11.2. The van der Waals surface area contributed by atoms with Gasteiger partial charge in [0.2, 0.25) is 5.91 Å². The highest BCUT2D eigenvalue weighted by atomic mass is 79.9. The summed E-state index contributed by atoms with van der Waals surface area (Å²) in [5, 5.41) is 9.86. The molecule has 19 heavy (non-hydrogen) atoms. The van der Waals surface area contributed by atoms with Gasteiger partial charge in [0.05, 0.1) is 9.39 Å². The van der Waals surface area contributed by atoms with Gasteiger partial charge in [-0.15, -0.1) is 11.3 Å². The van der Waals surface area contributed by atoms with E-state index in [1.165, 1.54) is 4.88 Å². The SMILES string of the molecule is CC1(O)CCN(C(=O)CCCc2ccc(Br)s2)CC1. The molecule has 1 N–H and O–H groups in total. The molecule has 0 saturated carbocycles. The number of halogens is 1. The largest absolute Gasteiger partial charge is 0.390 e. The monoisotopic (exact) mass is 345 g/mol. The number of likely N-dealkylation sites (tertiary alicyclic amines) is 1. The molecule has 1 fully saturated rings. The second-order valence-corrected chi connectivity index (χ2v) is 7.98. The predicted molar refractivity (Wildman–Crippen MR) is 81.4 cm³/mol. The maximum atomic E-state index is 12.0. The molecule has 0 radical (unpaired) electrons. The molecule has 0 bridgehead atoms. The van der Waals surface area contributed by atoms with E-state index in [0.717, 1.165) is 16.6 Å². The molecule has 1 aliphatic heterocycles. The number of nitrogens with zero attached hydrogens (tertiary/aromatic N) is 1. The Hall–Kier alpha value is -0.390. The van der Waals surface area contributed by atoms with Crippen molar-refractivity contribution in [3.05, 3.63) is 20.8 Å². The predicted octanol–water partition coefficient (Wildman–Crippen LogP) is 3.21. The first-order valence-corrected chi connectivity index (χ1v) is 8.32. The first-order valence-electron chi connectivity index (χ1n) is 6.71. The Morgan fingerprint density at radius 1 is 1.47 bits per heavy atom. The maximum absolute atomic E-state index is 12.0. The Morgan fingerprint density at radius 3 is 2.74 bits per heavy atom. The van der Waals surface area contributed by atoms with Crippen LogP contribution in [-0.2, 0) is 11.2 Å². The molecule has 0 spiro atoms. The number of piperidine rings is 1. The summed E-state index contributed by atoms with van der Waals surface area (Å²) >= 11 is 5.18. The smallest absolute Gasteiger partial charge is 0.222 e. The van der Waals surface area contributed by atoms with E-state index in [0.29, 0.717) is 32.4 Å². The van der Waals surface area contributed by atoms with Gasteiger partial charge in [0, 0.05) is 24.4 Å². The van der Waals surface area contributed by atoms with E-state index in [1.54, 1.807) is 11.3 Å². The summed E-state index contributed by atoms with van der Waals surface area (Å²) in [7, 11) is 0. The first kappa shape index (κ1) is 15.0. The van der Waals surface area contributed by atoms with Crippen LogP contribution in [-0.4, -0.2) is 34.6 Å². The fraction of sp³-hybridized carbons (Fsp3) is 0.643. The molecule has 106 valence electrons. The van der Waals surface area contributed by atoms with Crippen molar-refractivity contribution in [2.24, 2.45) is 0 Å². The lowest BCUT2D eigenvalue weighted by Crippen LogP contribution is -2.45. The second kappa shape index (κ2) is 6.37. The summed E-state index contributed by atoms with van der Waals surface area (Å²) in [6, 6.07) is 4.16. The number of rotatable bonds is 4. The van der Waals surface area contributed by atoms with Crippen LogP contribution < -0.4 is 0 Å². The highest BCUT2D eigenvalue weighted by molar-refractivity contribution is 9.11. The number of carbonyl (C=O) groups excluding carboxylic acids is 1. The number of carbonyl (C=O) groups is 1. The third-order valence-electron chi connectivity index (χ3n) is 3.64. The quantitative estimate of drug-likeness (QED) is 0.910. The van der Waals surface area contributed by atoms with Gasteiger partial charge in [-0.05, 0) is 60.7 Å². The van der Waals surface area contributed by atoms with Crippen molar-refractivity contribution in [1.82, 2.24) is 4.90 Å². The van der Waals surface area contributed by atoms with E-state index in [4.69, 9.17) is 0 Å². The van der Waals surface area contributed by atoms with Crippen molar-refractivity contribution in [2.75, 3.05) is 13.1 Å². The van der Waals surface area contributed by atoms with Crippen molar-refractivity contribution < 1.29 is 9.90 Å². The Labute approximate surface area is 126 Å². The lowest BCUT2D eigenvalue weighted by molar-refractivity contribution is -0.135. The van der Waals surface area contributed by atoms with Crippen LogP contribution in [0.4, 0.5) is 0 Å². The van der Waals surface area contributed by atoms with Crippen molar-refractivity contribution >= 4 is 33.2 Å². The molecule has 2 rings (SSSR count). The molecule has 1 aromatic rings. The van der Waals surface area contributed by atoms with Gasteiger partial charge in [-0.1, -0.05) is 0 Å². The summed E-state index contributed by atoms with van der Waals surface area (Å²) in [5.74, 6) is 0.228. The van der Waals surface area contributed by atoms with Crippen molar-refractivity contribution in [1.29, 1.82) is 0 Å². The highest BCUT2D eigenvalue weighted by Gasteiger charge is 2.29. The van der Waals surface area contributed by atoms with Crippen LogP contribution in [0.5, 0.6) is 0 Å². The average Bonchev–Trinajstić information content (AvgIpc) is 2.75. The molecule has 0 aromatic carbocycles. The molecule has 2 heterocycles. The van der Waals surface area contributed by atoms with E-state index >= 15 is 0 Å². The molecule has 0 unspecified atom stereocenters. The molecule has 1 saturated heterocycles. The van der Waals surface area contributed by atoms with Crippen LogP contribution in [0.2, 0.25) is 0 Å². The van der Waals surface area contributed by atoms with E-state index in [-0.39, 0.29) is 5.91 Å². The van der Waals surface area contributed by atoms with Gasteiger partial charge in [0.15, 0.2) is 0 Å². The zero-order chi connectivity index (χ0) is 13.9. The normalized spacial score (nSPS) is 18.6. The van der Waals surface area contributed by atoms with Crippen molar-refractivity contribution in [2.45, 2.75) is 44.6 Å². The topological polar surface area (TPSA) is 40.5 Å². The van der Waals surface area contributed by atoms with Gasteiger partial charge in [0.1, 0.15) is 0 Å². The fourth-order valence-corrected chi connectivity index (χ4v) is 3.82. The number of aryl methyl sites for hydroxylation is 1. The summed E-state index contributed by atoms with van der Waals surface area (Å²) in [6.45, 7) is 3.23. The Balaban J connectivity index is 1.70. The van der Waals surface area contributed by atoms with Gasteiger partial charge in [-0.3, -0.25) is 4.79 Å². The third kappa shape index (κ3) is 4.58. The number of hydrogen-bond donors (Lipinski definition) is 1. The van der Waals surface area contributed by atoms with E-state index in [2.05, 4.69) is 28.1 Å². The number of hydrogen-bond acceptors (Lipinski definition) is 3. The molecule has 1 amide bonds. The van der Waals surface area contributed by atoms with Crippen LogP contribution in [0.25, 0.3) is 0 Å². The van der Waals surface area contributed by atoms with Crippen LogP contribution in [0.1, 0.15) is 37.5 Å². The Morgan fingerprint density at radius 2 is 2.16 bits per heavy atom. The zero-order valence-corrected chi connectivity index (χ0v) is 13.6. The average molecular weight is 346 g/mol. The van der Waals surface area contributed by atoms with E-state index in [1.807, 2.05) is 11.8 Å². The molecule has 0 aliphatic carbocycles. The van der Waals surface area contributed by atoms with Gasteiger partial charge >= 0.3 is 0 Å².